The fourth-order valence-corrected chi connectivity index (χ4v) is 4.72. The molecular formula is C26H27N5O3. The molecule has 8 heteroatoms. The molecule has 0 aliphatic carbocycles. The molecule has 2 N–H and O–H groups in total. The van der Waals surface area contributed by atoms with Gasteiger partial charge >= 0.3 is 6.03 Å². The van der Waals surface area contributed by atoms with E-state index >= 15 is 0 Å². The summed E-state index contributed by atoms with van der Waals surface area (Å²) in [5, 5.41) is 7.65. The van der Waals surface area contributed by atoms with Crippen LogP contribution in [0.2, 0.25) is 0 Å². The second kappa shape index (κ2) is 8.78. The molecule has 2 saturated heterocycles. The number of urea groups is 1. The van der Waals surface area contributed by atoms with Crippen LogP contribution in [0.3, 0.4) is 0 Å². The van der Waals surface area contributed by atoms with Gasteiger partial charge in [0.2, 0.25) is 5.91 Å². The highest BCUT2D eigenvalue weighted by Gasteiger charge is 2.49. The number of hydrogen-bond acceptors (Lipinski definition) is 5. The lowest BCUT2D eigenvalue weighted by atomic mass is 9.90. The maximum Gasteiger partial charge on any atom is 0.325 e. The smallest absolute Gasteiger partial charge is 0.325 e. The quantitative estimate of drug-likeness (QED) is 0.571. The van der Waals surface area contributed by atoms with Crippen LogP contribution in [0, 0.1) is 0 Å². The molecule has 8 nitrogen and oxygen atoms in total. The van der Waals surface area contributed by atoms with E-state index in [9.17, 15) is 14.4 Å². The second-order valence-electron chi connectivity index (χ2n) is 8.98. The van der Waals surface area contributed by atoms with Gasteiger partial charge in [-0.15, -0.1) is 0 Å². The Bertz CT molecular complexity index is 1270. The largest absolute Gasteiger partial charge is 0.355 e. The van der Waals surface area contributed by atoms with Gasteiger partial charge in [-0.1, -0.05) is 36.4 Å². The molecule has 5 rings (SSSR count). The van der Waals surface area contributed by atoms with Gasteiger partial charge in [-0.25, -0.2) is 9.78 Å². The molecule has 1 aromatic heterocycles. The number of carbonyl (C=O) groups is 3. The average molecular weight is 458 g/mol. The van der Waals surface area contributed by atoms with Gasteiger partial charge in [0, 0.05) is 19.3 Å². The zero-order valence-electron chi connectivity index (χ0n) is 19.1. The number of hydrogen-bond donors (Lipinski definition) is 2. The van der Waals surface area contributed by atoms with Gasteiger partial charge in [-0.05, 0) is 60.7 Å². The second-order valence-corrected chi connectivity index (χ2v) is 8.98. The molecule has 0 radical (unpaired) electrons. The van der Waals surface area contributed by atoms with Crippen molar-refractivity contribution in [2.45, 2.75) is 31.7 Å². The van der Waals surface area contributed by atoms with Crippen molar-refractivity contribution in [1.82, 2.24) is 15.2 Å². The van der Waals surface area contributed by atoms with E-state index in [1.54, 1.807) is 25.3 Å². The van der Waals surface area contributed by atoms with Gasteiger partial charge in [0.15, 0.2) is 5.82 Å². The van der Waals surface area contributed by atoms with Gasteiger partial charge < -0.3 is 15.5 Å². The first-order valence-corrected chi connectivity index (χ1v) is 11.6. The molecule has 2 fully saturated rings. The number of nitrogens with one attached hydrogen (secondary N) is 2. The third-order valence-electron chi connectivity index (χ3n) is 6.62. The van der Waals surface area contributed by atoms with Crippen LogP contribution in [0.1, 0.15) is 31.7 Å². The van der Waals surface area contributed by atoms with Crippen molar-refractivity contribution >= 4 is 40.1 Å². The molecule has 0 bridgehead atoms. The van der Waals surface area contributed by atoms with Gasteiger partial charge in [0.05, 0.1) is 5.69 Å². The van der Waals surface area contributed by atoms with Crippen LogP contribution in [0.25, 0.3) is 10.8 Å². The SMILES string of the molecule is CC1(c2ccc3ccccc3c2)NC(=O)N(CC(=O)Nc2cccnc2N2CCCCC2)C1=O. The molecular weight excluding hydrogens is 430 g/mol. The van der Waals surface area contributed by atoms with Crippen molar-refractivity contribution in [3.8, 4) is 0 Å². The van der Waals surface area contributed by atoms with Gasteiger partial charge in [0.25, 0.3) is 5.91 Å². The Morgan fingerprint density at radius 2 is 1.79 bits per heavy atom. The lowest BCUT2D eigenvalue weighted by molar-refractivity contribution is -0.133. The van der Waals surface area contributed by atoms with Crippen LogP contribution >= 0.6 is 0 Å². The van der Waals surface area contributed by atoms with Gasteiger partial charge in [-0.2, -0.15) is 0 Å². The van der Waals surface area contributed by atoms with Crippen LogP contribution in [0.5, 0.6) is 0 Å². The van der Waals surface area contributed by atoms with E-state index in [4.69, 9.17) is 0 Å². The number of nitrogens with zero attached hydrogens (tertiary/aromatic N) is 3. The zero-order chi connectivity index (χ0) is 23.7. The Labute approximate surface area is 197 Å². The Balaban J connectivity index is 1.33. The summed E-state index contributed by atoms with van der Waals surface area (Å²) >= 11 is 0. The summed E-state index contributed by atoms with van der Waals surface area (Å²) in [7, 11) is 0. The summed E-state index contributed by atoms with van der Waals surface area (Å²) in [6.07, 6.45) is 5.05. The van der Waals surface area contributed by atoms with Crippen molar-refractivity contribution < 1.29 is 14.4 Å². The van der Waals surface area contributed by atoms with Crippen LogP contribution in [-0.4, -0.2) is 47.4 Å². The van der Waals surface area contributed by atoms with Crippen molar-refractivity contribution in [1.29, 1.82) is 0 Å². The van der Waals surface area contributed by atoms with E-state index in [0.29, 0.717) is 17.1 Å². The minimum Gasteiger partial charge on any atom is -0.355 e. The number of amides is 4. The molecule has 3 heterocycles. The number of anilines is 2. The molecule has 2 aliphatic heterocycles. The highest BCUT2D eigenvalue weighted by molar-refractivity contribution is 6.10. The first kappa shape index (κ1) is 21.9. The Hall–Kier alpha value is -3.94. The van der Waals surface area contributed by atoms with Gasteiger partial charge in [-0.3, -0.25) is 14.5 Å². The molecule has 3 aromatic rings. The van der Waals surface area contributed by atoms with Gasteiger partial charge in [0.1, 0.15) is 12.1 Å². The van der Waals surface area contributed by atoms with Crippen LogP contribution in [0.4, 0.5) is 16.3 Å². The molecule has 174 valence electrons. The molecule has 1 unspecified atom stereocenters. The fourth-order valence-electron chi connectivity index (χ4n) is 4.72. The number of fused-ring (bicyclic) bond motifs is 1. The van der Waals surface area contributed by atoms with E-state index in [2.05, 4.69) is 20.5 Å². The summed E-state index contributed by atoms with van der Waals surface area (Å²) in [6, 6.07) is 16.5. The van der Waals surface area contributed by atoms with Crippen molar-refractivity contribution in [3.05, 3.63) is 66.4 Å². The zero-order valence-corrected chi connectivity index (χ0v) is 19.1. The molecule has 2 aromatic carbocycles. The molecule has 1 atom stereocenters. The maximum atomic E-state index is 13.3. The number of imide groups is 1. The monoisotopic (exact) mass is 457 g/mol. The van der Waals surface area contributed by atoms with E-state index in [0.717, 1.165) is 41.6 Å². The number of piperidine rings is 1. The predicted molar refractivity (Wildman–Crippen MR) is 130 cm³/mol. The Kier molecular flexibility index (Phi) is 5.65. The predicted octanol–water partition coefficient (Wildman–Crippen LogP) is 3.63. The molecule has 0 saturated carbocycles. The maximum absolute atomic E-state index is 13.3. The fraction of sp³-hybridized carbons (Fsp3) is 0.308. The number of rotatable bonds is 5. The summed E-state index contributed by atoms with van der Waals surface area (Å²) < 4.78 is 0. The Morgan fingerprint density at radius 1 is 1.03 bits per heavy atom. The van der Waals surface area contributed by atoms with E-state index < -0.39 is 23.4 Å². The topological polar surface area (TPSA) is 94.6 Å². The first-order valence-electron chi connectivity index (χ1n) is 11.6. The molecule has 2 aliphatic rings. The first-order chi connectivity index (χ1) is 16.5. The highest BCUT2D eigenvalue weighted by Crippen LogP contribution is 2.31. The van der Waals surface area contributed by atoms with Crippen LogP contribution < -0.4 is 15.5 Å². The third-order valence-corrected chi connectivity index (χ3v) is 6.62. The number of pyridine rings is 1. The van der Waals surface area contributed by atoms with E-state index in [1.165, 1.54) is 6.42 Å². The van der Waals surface area contributed by atoms with Crippen molar-refractivity contribution in [3.63, 3.8) is 0 Å². The lowest BCUT2D eigenvalue weighted by Gasteiger charge is -2.29. The average Bonchev–Trinajstić information content (AvgIpc) is 3.08. The molecule has 0 spiro atoms. The number of benzene rings is 2. The molecule has 4 amide bonds. The van der Waals surface area contributed by atoms with Crippen molar-refractivity contribution in [2.24, 2.45) is 0 Å². The number of aromatic nitrogens is 1. The van der Waals surface area contributed by atoms with E-state index in [1.807, 2.05) is 42.5 Å². The minimum atomic E-state index is -1.24. The lowest BCUT2D eigenvalue weighted by Crippen LogP contribution is -2.42. The van der Waals surface area contributed by atoms with Crippen molar-refractivity contribution in [2.75, 3.05) is 29.9 Å². The standard InChI is InChI=1S/C26H27N5O3/c1-26(20-12-11-18-8-3-4-9-19(18)16-20)24(33)31(25(34)29-26)17-22(32)28-21-10-7-13-27-23(21)30-14-5-2-6-15-30/h3-4,7-13,16H,2,5-6,14-15,17H2,1H3,(H,28,32)(H,29,34). The van der Waals surface area contributed by atoms with Crippen LogP contribution in [0.15, 0.2) is 60.8 Å². The highest BCUT2D eigenvalue weighted by atomic mass is 16.2. The summed E-state index contributed by atoms with van der Waals surface area (Å²) in [4.78, 5) is 46.5. The van der Waals surface area contributed by atoms with E-state index in [-0.39, 0.29) is 6.54 Å². The minimum absolute atomic E-state index is 0.373. The molecule has 34 heavy (non-hydrogen) atoms. The van der Waals surface area contributed by atoms with Crippen LogP contribution in [-0.2, 0) is 15.1 Å². The number of carbonyl (C=O) groups excluding carboxylic acids is 3. The summed E-state index contributed by atoms with van der Waals surface area (Å²) in [5.41, 5.74) is 0.0140. The summed E-state index contributed by atoms with van der Waals surface area (Å²) in [5.74, 6) is -0.184. The normalized spacial score (nSPS) is 20.5. The Morgan fingerprint density at radius 3 is 2.59 bits per heavy atom. The summed E-state index contributed by atoms with van der Waals surface area (Å²) in [6.45, 7) is 3.07. The third kappa shape index (κ3) is 3.96.